The fraction of sp³-hybridized carbons (Fsp3) is 0.381. The zero-order valence-corrected chi connectivity index (χ0v) is 18.0. The number of halogens is 1. The standard InChI is InChI=1S/C21H22ClN9O/c22-15-3-4-16(30-6-5-21(25,9-30)20(32)29-12-1-2-12)14(13(15)7-23)8-31-11-28-17-18(24)26-10-27-19(17)31/h3-4,10-12H,1-2,5-6,8-9,25H2,(H,29,32)(H2,24,26,27). The lowest BCUT2D eigenvalue weighted by Crippen LogP contribution is -2.56. The molecule has 2 aromatic heterocycles. The minimum absolute atomic E-state index is 0.119. The molecule has 5 N–H and O–H groups in total. The van der Waals surface area contributed by atoms with Crippen LogP contribution in [0, 0.1) is 11.3 Å². The topological polar surface area (TPSA) is 152 Å². The second-order valence-corrected chi connectivity index (χ2v) is 8.82. The van der Waals surface area contributed by atoms with Crippen LogP contribution in [0.4, 0.5) is 11.5 Å². The van der Waals surface area contributed by atoms with Gasteiger partial charge in [0.15, 0.2) is 11.5 Å². The van der Waals surface area contributed by atoms with Crippen LogP contribution in [0.15, 0.2) is 24.8 Å². The van der Waals surface area contributed by atoms with Crippen molar-refractivity contribution in [3.63, 3.8) is 0 Å². The number of amides is 1. The van der Waals surface area contributed by atoms with Crippen LogP contribution in [0.25, 0.3) is 11.2 Å². The highest BCUT2D eigenvalue weighted by Crippen LogP contribution is 2.35. The average molecular weight is 452 g/mol. The first-order valence-electron chi connectivity index (χ1n) is 10.4. The van der Waals surface area contributed by atoms with Crippen molar-refractivity contribution in [1.82, 2.24) is 24.8 Å². The molecular weight excluding hydrogens is 430 g/mol. The summed E-state index contributed by atoms with van der Waals surface area (Å²) in [7, 11) is 0. The Labute approximate surface area is 189 Å². The Balaban J connectivity index is 1.50. The van der Waals surface area contributed by atoms with E-state index in [1.54, 1.807) is 17.0 Å². The molecule has 2 aliphatic rings. The number of aromatic nitrogens is 4. The van der Waals surface area contributed by atoms with Crippen LogP contribution in [0.1, 0.15) is 30.4 Å². The summed E-state index contributed by atoms with van der Waals surface area (Å²) in [5.41, 5.74) is 14.4. The molecule has 1 aliphatic carbocycles. The lowest BCUT2D eigenvalue weighted by molar-refractivity contribution is -0.125. The van der Waals surface area contributed by atoms with E-state index in [1.165, 1.54) is 6.33 Å². The molecule has 1 aliphatic heterocycles. The summed E-state index contributed by atoms with van der Waals surface area (Å²) in [5, 5.41) is 13.2. The van der Waals surface area contributed by atoms with E-state index in [0.29, 0.717) is 53.4 Å². The summed E-state index contributed by atoms with van der Waals surface area (Å²) >= 11 is 6.36. The first kappa shape index (κ1) is 20.5. The van der Waals surface area contributed by atoms with Crippen LogP contribution in [0.5, 0.6) is 0 Å². The predicted molar refractivity (Wildman–Crippen MR) is 120 cm³/mol. The molecule has 3 aromatic rings. The second-order valence-electron chi connectivity index (χ2n) is 8.41. The van der Waals surface area contributed by atoms with Gasteiger partial charge in [0.25, 0.3) is 0 Å². The highest BCUT2D eigenvalue weighted by Gasteiger charge is 2.43. The van der Waals surface area contributed by atoms with Gasteiger partial charge in [-0.25, -0.2) is 15.0 Å². The zero-order chi connectivity index (χ0) is 22.5. The van der Waals surface area contributed by atoms with Gasteiger partial charge in [0.05, 0.1) is 23.5 Å². The number of hydrogen-bond acceptors (Lipinski definition) is 8. The molecule has 3 heterocycles. The van der Waals surface area contributed by atoms with E-state index < -0.39 is 5.54 Å². The summed E-state index contributed by atoms with van der Waals surface area (Å²) < 4.78 is 1.80. The van der Waals surface area contributed by atoms with Gasteiger partial charge in [0.2, 0.25) is 5.91 Å². The number of hydrogen-bond donors (Lipinski definition) is 3. The van der Waals surface area contributed by atoms with E-state index in [1.807, 2.05) is 11.0 Å². The molecule has 10 nitrogen and oxygen atoms in total. The van der Waals surface area contributed by atoms with Gasteiger partial charge in [-0.2, -0.15) is 5.26 Å². The molecule has 32 heavy (non-hydrogen) atoms. The molecule has 0 radical (unpaired) electrons. The third-order valence-corrected chi connectivity index (χ3v) is 6.43. The van der Waals surface area contributed by atoms with Crippen LogP contribution >= 0.6 is 11.6 Å². The molecule has 164 valence electrons. The molecule has 1 amide bonds. The number of fused-ring (bicyclic) bond motifs is 1. The number of benzene rings is 1. The highest BCUT2D eigenvalue weighted by atomic mass is 35.5. The van der Waals surface area contributed by atoms with E-state index in [4.69, 9.17) is 23.1 Å². The Bertz CT molecular complexity index is 1260. The molecule has 1 saturated heterocycles. The first-order chi connectivity index (χ1) is 15.4. The van der Waals surface area contributed by atoms with Crippen LogP contribution in [0.2, 0.25) is 5.02 Å². The normalized spacial score (nSPS) is 20.5. The van der Waals surface area contributed by atoms with E-state index >= 15 is 0 Å². The number of rotatable bonds is 5. The van der Waals surface area contributed by atoms with Crippen molar-refractivity contribution in [2.75, 3.05) is 23.7 Å². The molecular formula is C21H22ClN9O. The van der Waals surface area contributed by atoms with Crippen molar-refractivity contribution in [2.24, 2.45) is 5.73 Å². The molecule has 11 heteroatoms. The van der Waals surface area contributed by atoms with Gasteiger partial charge >= 0.3 is 0 Å². The zero-order valence-electron chi connectivity index (χ0n) is 17.3. The third-order valence-electron chi connectivity index (χ3n) is 6.11. The first-order valence-corrected chi connectivity index (χ1v) is 10.7. The summed E-state index contributed by atoms with van der Waals surface area (Å²) in [4.78, 5) is 27.3. The summed E-state index contributed by atoms with van der Waals surface area (Å²) in [5.74, 6) is 0.168. The number of carbonyl (C=O) groups excluding carboxylic acids is 1. The van der Waals surface area contributed by atoms with Gasteiger partial charge in [0, 0.05) is 30.4 Å². The average Bonchev–Trinajstić information content (AvgIpc) is 3.35. The Kier molecular flexibility index (Phi) is 4.87. The maximum absolute atomic E-state index is 12.7. The minimum atomic E-state index is -0.977. The fourth-order valence-corrected chi connectivity index (χ4v) is 4.37. The van der Waals surface area contributed by atoms with Gasteiger partial charge in [-0.1, -0.05) is 11.6 Å². The van der Waals surface area contributed by atoms with Gasteiger partial charge in [-0.15, -0.1) is 0 Å². The quantitative estimate of drug-likeness (QED) is 0.522. The summed E-state index contributed by atoms with van der Waals surface area (Å²) in [6.07, 6.45) is 5.52. The Morgan fingerprint density at radius 2 is 2.16 bits per heavy atom. The van der Waals surface area contributed by atoms with Gasteiger partial charge in [0.1, 0.15) is 23.5 Å². The SMILES string of the molecule is N#Cc1c(Cl)ccc(N2CCC(N)(C(=O)NC3CC3)C2)c1Cn1cnc2c(N)ncnc21. The lowest BCUT2D eigenvalue weighted by atomic mass is 9.99. The molecule has 2 fully saturated rings. The minimum Gasteiger partial charge on any atom is -0.382 e. The molecule has 0 bridgehead atoms. The van der Waals surface area contributed by atoms with E-state index in [9.17, 15) is 10.1 Å². The smallest absolute Gasteiger partial charge is 0.242 e. The number of nitrogens with zero attached hydrogens (tertiary/aromatic N) is 6. The Hall–Kier alpha value is -3.42. The van der Waals surface area contributed by atoms with Crippen molar-refractivity contribution in [3.05, 3.63) is 40.9 Å². The van der Waals surface area contributed by atoms with E-state index in [0.717, 1.165) is 18.5 Å². The van der Waals surface area contributed by atoms with Gasteiger partial charge in [-0.3, -0.25) is 4.79 Å². The van der Waals surface area contributed by atoms with E-state index in [-0.39, 0.29) is 17.8 Å². The van der Waals surface area contributed by atoms with Crippen molar-refractivity contribution >= 4 is 40.2 Å². The number of nitrogen functional groups attached to an aromatic ring is 1. The number of nitrogens with one attached hydrogen (secondary N) is 1. The highest BCUT2D eigenvalue weighted by molar-refractivity contribution is 6.32. The number of anilines is 2. The Morgan fingerprint density at radius 3 is 2.91 bits per heavy atom. The third kappa shape index (κ3) is 3.49. The van der Waals surface area contributed by atoms with Crippen molar-refractivity contribution in [3.8, 4) is 6.07 Å². The van der Waals surface area contributed by atoms with Crippen LogP contribution in [-0.4, -0.2) is 50.1 Å². The van der Waals surface area contributed by atoms with Gasteiger partial charge < -0.3 is 26.3 Å². The fourth-order valence-electron chi connectivity index (χ4n) is 4.15. The molecule has 0 spiro atoms. The molecule has 1 saturated carbocycles. The van der Waals surface area contributed by atoms with Gasteiger partial charge in [-0.05, 0) is 31.4 Å². The summed E-state index contributed by atoms with van der Waals surface area (Å²) in [6.45, 7) is 1.24. The number of nitrogens with two attached hydrogens (primary N) is 2. The number of nitriles is 1. The van der Waals surface area contributed by atoms with Crippen LogP contribution in [-0.2, 0) is 11.3 Å². The predicted octanol–water partition coefficient (Wildman–Crippen LogP) is 1.17. The maximum Gasteiger partial charge on any atom is 0.242 e. The maximum atomic E-state index is 12.7. The van der Waals surface area contributed by atoms with Crippen molar-refractivity contribution < 1.29 is 4.79 Å². The molecule has 1 unspecified atom stereocenters. The lowest BCUT2D eigenvalue weighted by Gasteiger charge is -2.27. The Morgan fingerprint density at radius 1 is 1.34 bits per heavy atom. The molecule has 1 aromatic carbocycles. The second kappa shape index (κ2) is 7.62. The summed E-state index contributed by atoms with van der Waals surface area (Å²) in [6, 6.07) is 6.03. The number of imidazole rings is 1. The monoisotopic (exact) mass is 451 g/mol. The van der Waals surface area contributed by atoms with Crippen molar-refractivity contribution in [2.45, 2.75) is 37.4 Å². The molecule has 1 atom stereocenters. The van der Waals surface area contributed by atoms with E-state index in [2.05, 4.69) is 26.3 Å². The van der Waals surface area contributed by atoms with Crippen molar-refractivity contribution in [1.29, 1.82) is 5.26 Å². The molecule has 5 rings (SSSR count). The van der Waals surface area contributed by atoms with Crippen LogP contribution in [0.3, 0.4) is 0 Å². The number of carbonyl (C=O) groups is 1. The largest absolute Gasteiger partial charge is 0.382 e. The van der Waals surface area contributed by atoms with Crippen LogP contribution < -0.4 is 21.7 Å².